The van der Waals surface area contributed by atoms with Crippen molar-refractivity contribution >= 4 is 5.91 Å². The lowest BCUT2D eigenvalue weighted by molar-refractivity contribution is -0.112. The summed E-state index contributed by atoms with van der Waals surface area (Å²) >= 11 is 0. The van der Waals surface area contributed by atoms with Crippen LogP contribution in [-0.2, 0) is 0 Å². The molecule has 0 spiro atoms. The summed E-state index contributed by atoms with van der Waals surface area (Å²) in [5, 5.41) is 10.4. The highest BCUT2D eigenvalue weighted by molar-refractivity contribution is 5.94. The highest BCUT2D eigenvalue weighted by atomic mass is 16.5. The number of piperazine rings is 1. The van der Waals surface area contributed by atoms with E-state index in [1.165, 1.54) is 5.06 Å². The molecule has 1 aromatic rings. The Morgan fingerprint density at radius 1 is 1.31 bits per heavy atom. The lowest BCUT2D eigenvalue weighted by Crippen LogP contribution is -2.47. The Morgan fingerprint density at radius 3 is 2.56 bits per heavy atom. The van der Waals surface area contributed by atoms with E-state index in [4.69, 9.17) is 0 Å². The minimum absolute atomic E-state index is 0.0133. The fraction of sp³-hybridized carbons (Fsp3) is 0.455. The van der Waals surface area contributed by atoms with Gasteiger partial charge in [0, 0.05) is 38.1 Å². The lowest BCUT2D eigenvalue weighted by Gasteiger charge is -2.31. The van der Waals surface area contributed by atoms with E-state index in [1.807, 2.05) is 13.0 Å². The Bertz CT molecular complexity index is 369. The Morgan fingerprint density at radius 2 is 2.00 bits per heavy atom. The number of pyridine rings is 1. The third-order valence-electron chi connectivity index (χ3n) is 2.70. The molecule has 1 fully saturated rings. The molecule has 2 heterocycles. The normalized spacial score (nSPS) is 17.5. The van der Waals surface area contributed by atoms with Crippen LogP contribution in [0.2, 0.25) is 0 Å². The van der Waals surface area contributed by atoms with Crippen LogP contribution in [0.5, 0.6) is 0 Å². The van der Waals surface area contributed by atoms with E-state index in [9.17, 15) is 10.0 Å². The molecule has 5 nitrogen and oxygen atoms in total. The minimum atomic E-state index is -0.0133. The first-order chi connectivity index (χ1) is 7.66. The third kappa shape index (κ3) is 2.37. The minimum Gasteiger partial charge on any atom is -0.336 e. The number of carbonyl (C=O) groups is 1. The second-order valence-corrected chi connectivity index (χ2v) is 3.93. The van der Waals surface area contributed by atoms with Crippen molar-refractivity contribution in [3.63, 3.8) is 0 Å². The predicted octanol–water partition coefficient (Wildman–Crippen LogP) is 0.537. The zero-order valence-electron chi connectivity index (χ0n) is 9.26. The molecular weight excluding hydrogens is 206 g/mol. The van der Waals surface area contributed by atoms with E-state index >= 15 is 0 Å². The quantitative estimate of drug-likeness (QED) is 0.752. The molecule has 1 aromatic heterocycles. The van der Waals surface area contributed by atoms with Gasteiger partial charge in [0.05, 0.1) is 5.56 Å². The van der Waals surface area contributed by atoms with Gasteiger partial charge in [0.25, 0.3) is 5.91 Å². The molecule has 1 aliphatic heterocycles. The zero-order valence-corrected chi connectivity index (χ0v) is 9.26. The molecule has 0 atom stereocenters. The number of aryl methyl sites for hydroxylation is 1. The number of rotatable bonds is 1. The molecule has 5 heteroatoms. The summed E-state index contributed by atoms with van der Waals surface area (Å²) in [7, 11) is 0. The first-order valence-electron chi connectivity index (χ1n) is 5.32. The van der Waals surface area contributed by atoms with E-state index < -0.39 is 0 Å². The molecule has 0 radical (unpaired) electrons. The number of hydroxylamine groups is 2. The molecular formula is C11H15N3O2. The average molecular weight is 221 g/mol. The molecule has 0 aliphatic carbocycles. The van der Waals surface area contributed by atoms with Gasteiger partial charge in [-0.3, -0.25) is 9.78 Å². The maximum atomic E-state index is 12.0. The molecule has 1 amide bonds. The molecule has 2 rings (SSSR count). The molecule has 0 bridgehead atoms. The van der Waals surface area contributed by atoms with Gasteiger partial charge in [0.15, 0.2) is 0 Å². The summed E-state index contributed by atoms with van der Waals surface area (Å²) in [6, 6.07) is 3.62. The van der Waals surface area contributed by atoms with E-state index in [1.54, 1.807) is 17.2 Å². The van der Waals surface area contributed by atoms with Crippen LogP contribution in [-0.4, -0.2) is 52.2 Å². The zero-order chi connectivity index (χ0) is 11.5. The number of carbonyl (C=O) groups excluding carboxylic acids is 1. The Kier molecular flexibility index (Phi) is 3.17. The van der Waals surface area contributed by atoms with E-state index in [0.29, 0.717) is 31.7 Å². The predicted molar refractivity (Wildman–Crippen MR) is 58.2 cm³/mol. The van der Waals surface area contributed by atoms with Gasteiger partial charge in [-0.1, -0.05) is 0 Å². The molecule has 1 N–H and O–H groups in total. The summed E-state index contributed by atoms with van der Waals surface area (Å²) in [5.74, 6) is -0.0133. The van der Waals surface area contributed by atoms with Crippen LogP contribution in [0.25, 0.3) is 0 Å². The molecule has 86 valence electrons. The number of hydrogen-bond donors (Lipinski definition) is 1. The average Bonchev–Trinajstić information content (AvgIpc) is 2.30. The van der Waals surface area contributed by atoms with E-state index in [2.05, 4.69) is 4.98 Å². The van der Waals surface area contributed by atoms with Crippen molar-refractivity contribution in [3.05, 3.63) is 29.6 Å². The highest BCUT2D eigenvalue weighted by Crippen LogP contribution is 2.07. The van der Waals surface area contributed by atoms with Crippen LogP contribution in [0.1, 0.15) is 16.1 Å². The van der Waals surface area contributed by atoms with Crippen LogP contribution >= 0.6 is 0 Å². The van der Waals surface area contributed by atoms with Crippen molar-refractivity contribution in [1.82, 2.24) is 14.9 Å². The molecule has 0 saturated carbocycles. The summed E-state index contributed by atoms with van der Waals surface area (Å²) in [6.07, 6.45) is 1.60. The summed E-state index contributed by atoms with van der Waals surface area (Å²) in [6.45, 7) is 4.02. The third-order valence-corrected chi connectivity index (χ3v) is 2.70. The van der Waals surface area contributed by atoms with Crippen LogP contribution in [0.3, 0.4) is 0 Å². The van der Waals surface area contributed by atoms with Crippen molar-refractivity contribution in [2.24, 2.45) is 0 Å². The van der Waals surface area contributed by atoms with Crippen molar-refractivity contribution < 1.29 is 10.0 Å². The topological polar surface area (TPSA) is 56.7 Å². The maximum Gasteiger partial charge on any atom is 0.255 e. The second kappa shape index (κ2) is 4.59. The van der Waals surface area contributed by atoms with Crippen LogP contribution in [0, 0.1) is 6.92 Å². The van der Waals surface area contributed by atoms with Crippen molar-refractivity contribution in [3.8, 4) is 0 Å². The first kappa shape index (κ1) is 11.0. The number of nitrogens with zero attached hydrogens (tertiary/aromatic N) is 3. The fourth-order valence-corrected chi connectivity index (χ4v) is 1.68. The lowest BCUT2D eigenvalue weighted by atomic mass is 10.2. The summed E-state index contributed by atoms with van der Waals surface area (Å²) in [4.78, 5) is 17.8. The van der Waals surface area contributed by atoms with Crippen LogP contribution in [0.4, 0.5) is 0 Å². The fourth-order valence-electron chi connectivity index (χ4n) is 1.68. The van der Waals surface area contributed by atoms with Gasteiger partial charge < -0.3 is 10.1 Å². The molecule has 1 aliphatic rings. The monoisotopic (exact) mass is 221 g/mol. The van der Waals surface area contributed by atoms with Crippen LogP contribution in [0.15, 0.2) is 18.3 Å². The number of aromatic nitrogens is 1. The Labute approximate surface area is 94.3 Å². The van der Waals surface area contributed by atoms with Gasteiger partial charge in [-0.15, -0.1) is 0 Å². The largest absolute Gasteiger partial charge is 0.336 e. The van der Waals surface area contributed by atoms with Gasteiger partial charge in [-0.05, 0) is 19.1 Å². The van der Waals surface area contributed by atoms with Gasteiger partial charge in [-0.25, -0.2) is 0 Å². The molecule has 0 aromatic carbocycles. The van der Waals surface area contributed by atoms with E-state index in [-0.39, 0.29) is 5.91 Å². The van der Waals surface area contributed by atoms with Crippen molar-refractivity contribution in [1.29, 1.82) is 0 Å². The molecule has 0 unspecified atom stereocenters. The Balaban J connectivity index is 2.05. The van der Waals surface area contributed by atoms with Crippen molar-refractivity contribution in [2.75, 3.05) is 26.2 Å². The number of hydrogen-bond acceptors (Lipinski definition) is 4. The van der Waals surface area contributed by atoms with Crippen LogP contribution < -0.4 is 0 Å². The van der Waals surface area contributed by atoms with Gasteiger partial charge >= 0.3 is 0 Å². The van der Waals surface area contributed by atoms with Gasteiger partial charge in [-0.2, -0.15) is 5.06 Å². The summed E-state index contributed by atoms with van der Waals surface area (Å²) in [5.41, 5.74) is 1.51. The highest BCUT2D eigenvalue weighted by Gasteiger charge is 2.21. The van der Waals surface area contributed by atoms with Gasteiger partial charge in [0.2, 0.25) is 0 Å². The number of amides is 1. The second-order valence-electron chi connectivity index (χ2n) is 3.93. The molecule has 16 heavy (non-hydrogen) atoms. The smallest absolute Gasteiger partial charge is 0.255 e. The first-order valence-corrected chi connectivity index (χ1v) is 5.32. The SMILES string of the molecule is Cc1ccc(C(=O)N2CCN(O)CC2)cn1. The maximum absolute atomic E-state index is 12.0. The van der Waals surface area contributed by atoms with E-state index in [0.717, 1.165) is 5.69 Å². The Hall–Kier alpha value is -1.46. The molecule has 1 saturated heterocycles. The van der Waals surface area contributed by atoms with Gasteiger partial charge in [0.1, 0.15) is 0 Å². The summed E-state index contributed by atoms with van der Waals surface area (Å²) < 4.78 is 0. The van der Waals surface area contributed by atoms with Crippen molar-refractivity contribution in [2.45, 2.75) is 6.92 Å². The standard InChI is InChI=1S/C11H15N3O2/c1-9-2-3-10(8-12-9)11(15)13-4-6-14(16)7-5-13/h2-3,8,16H,4-7H2,1H3.